The fraction of sp³-hybridized carbons (Fsp3) is 0.429. The number of benzene rings is 1. The highest BCUT2D eigenvalue weighted by molar-refractivity contribution is 6.31. The van der Waals surface area contributed by atoms with Gasteiger partial charge >= 0.3 is 11.9 Å². The van der Waals surface area contributed by atoms with E-state index in [4.69, 9.17) is 5.11 Å². The van der Waals surface area contributed by atoms with Crippen LogP contribution in [0, 0.1) is 6.92 Å². The molecule has 0 saturated carbocycles. The normalized spacial score (nSPS) is 16.4. The first-order valence-electron chi connectivity index (χ1n) is 6.36. The number of carboxylic acids is 1. The predicted octanol–water partition coefficient (Wildman–Crippen LogP) is 0.724. The molecule has 0 atom stereocenters. The molecule has 0 spiro atoms. The standard InChI is InChI=1S/C14H18N2O3/c1-11-2-4-12(5-3-11)10-15-6-8-16(9-7-15)13(17)14(18)19/h2-5H,6-10H2,1H3,(H,18,19). The third kappa shape index (κ3) is 3.54. The summed E-state index contributed by atoms with van der Waals surface area (Å²) in [5, 5.41) is 8.66. The molecule has 0 aliphatic carbocycles. The van der Waals surface area contributed by atoms with Crippen molar-refractivity contribution >= 4 is 11.9 Å². The van der Waals surface area contributed by atoms with E-state index in [9.17, 15) is 9.59 Å². The Balaban J connectivity index is 1.85. The van der Waals surface area contributed by atoms with E-state index in [2.05, 4.69) is 36.1 Å². The number of aliphatic carboxylic acids is 1. The van der Waals surface area contributed by atoms with Gasteiger partial charge in [0.15, 0.2) is 0 Å². The topological polar surface area (TPSA) is 60.9 Å². The quantitative estimate of drug-likeness (QED) is 0.798. The predicted molar refractivity (Wildman–Crippen MR) is 70.7 cm³/mol. The smallest absolute Gasteiger partial charge is 0.394 e. The van der Waals surface area contributed by atoms with E-state index in [-0.39, 0.29) is 0 Å². The Labute approximate surface area is 112 Å². The number of aryl methyl sites for hydroxylation is 1. The molecule has 1 amide bonds. The Morgan fingerprint density at radius 2 is 1.68 bits per heavy atom. The molecule has 1 aliphatic heterocycles. The molecule has 5 nitrogen and oxygen atoms in total. The molecule has 1 aliphatic rings. The molecule has 0 aromatic heterocycles. The Hall–Kier alpha value is -1.88. The minimum absolute atomic E-state index is 0.483. The van der Waals surface area contributed by atoms with Crippen LogP contribution < -0.4 is 0 Å². The highest BCUT2D eigenvalue weighted by atomic mass is 16.4. The van der Waals surface area contributed by atoms with Gasteiger partial charge in [-0.2, -0.15) is 0 Å². The monoisotopic (exact) mass is 262 g/mol. The summed E-state index contributed by atoms with van der Waals surface area (Å²) in [6.45, 7) is 5.29. The maximum absolute atomic E-state index is 11.3. The average molecular weight is 262 g/mol. The van der Waals surface area contributed by atoms with Gasteiger partial charge in [-0.3, -0.25) is 9.69 Å². The van der Waals surface area contributed by atoms with Crippen molar-refractivity contribution in [2.45, 2.75) is 13.5 Å². The van der Waals surface area contributed by atoms with Crippen molar-refractivity contribution in [2.24, 2.45) is 0 Å². The lowest BCUT2D eigenvalue weighted by Crippen LogP contribution is -2.50. The van der Waals surface area contributed by atoms with E-state index < -0.39 is 11.9 Å². The summed E-state index contributed by atoms with van der Waals surface area (Å²) in [6.07, 6.45) is 0. The highest BCUT2D eigenvalue weighted by Crippen LogP contribution is 2.10. The van der Waals surface area contributed by atoms with Gasteiger partial charge < -0.3 is 10.0 Å². The largest absolute Gasteiger partial charge is 0.474 e. The molecule has 102 valence electrons. The zero-order valence-electron chi connectivity index (χ0n) is 11.0. The summed E-state index contributed by atoms with van der Waals surface area (Å²) >= 11 is 0. The molecule has 0 bridgehead atoms. The Bertz CT molecular complexity index is 462. The number of rotatable bonds is 2. The van der Waals surface area contributed by atoms with Crippen LogP contribution in [0.15, 0.2) is 24.3 Å². The number of carboxylic acid groups (broad SMARTS) is 1. The van der Waals surface area contributed by atoms with Crippen molar-refractivity contribution in [3.05, 3.63) is 35.4 Å². The summed E-state index contributed by atoms with van der Waals surface area (Å²) in [6, 6.07) is 8.37. The molecule has 1 N–H and O–H groups in total. The summed E-state index contributed by atoms with van der Waals surface area (Å²) in [5.74, 6) is -2.16. The summed E-state index contributed by atoms with van der Waals surface area (Å²) in [7, 11) is 0. The van der Waals surface area contributed by atoms with Gasteiger partial charge in [0.2, 0.25) is 0 Å². The van der Waals surface area contributed by atoms with Gasteiger partial charge in [-0.1, -0.05) is 29.8 Å². The van der Waals surface area contributed by atoms with Crippen molar-refractivity contribution in [3.63, 3.8) is 0 Å². The first kappa shape index (κ1) is 13.5. The first-order valence-corrected chi connectivity index (χ1v) is 6.36. The van der Waals surface area contributed by atoms with Crippen LogP contribution in [0.25, 0.3) is 0 Å². The molecule has 19 heavy (non-hydrogen) atoms. The van der Waals surface area contributed by atoms with Crippen LogP contribution in [0.3, 0.4) is 0 Å². The molecular weight excluding hydrogens is 244 g/mol. The highest BCUT2D eigenvalue weighted by Gasteiger charge is 2.25. The molecule has 1 aromatic carbocycles. The van der Waals surface area contributed by atoms with Gasteiger partial charge in [-0.15, -0.1) is 0 Å². The number of amides is 1. The molecular formula is C14H18N2O3. The Kier molecular flexibility index (Phi) is 4.16. The van der Waals surface area contributed by atoms with Crippen LogP contribution in [-0.2, 0) is 16.1 Å². The van der Waals surface area contributed by atoms with Crippen molar-refractivity contribution in [2.75, 3.05) is 26.2 Å². The van der Waals surface area contributed by atoms with Crippen molar-refractivity contribution in [1.29, 1.82) is 0 Å². The van der Waals surface area contributed by atoms with Crippen LogP contribution in [0.5, 0.6) is 0 Å². The minimum atomic E-state index is -1.37. The zero-order valence-corrected chi connectivity index (χ0v) is 11.0. The molecule has 1 heterocycles. The lowest BCUT2D eigenvalue weighted by Gasteiger charge is -2.33. The van der Waals surface area contributed by atoms with Gasteiger partial charge in [0.1, 0.15) is 0 Å². The minimum Gasteiger partial charge on any atom is -0.474 e. The van der Waals surface area contributed by atoms with E-state index >= 15 is 0 Å². The van der Waals surface area contributed by atoms with Crippen LogP contribution in [0.2, 0.25) is 0 Å². The number of carbonyl (C=O) groups is 2. The fourth-order valence-corrected chi connectivity index (χ4v) is 2.20. The van der Waals surface area contributed by atoms with Crippen LogP contribution in [-0.4, -0.2) is 53.0 Å². The third-order valence-corrected chi connectivity index (χ3v) is 3.37. The Morgan fingerprint density at radius 3 is 2.21 bits per heavy atom. The lowest BCUT2D eigenvalue weighted by molar-refractivity contribution is -0.156. The van der Waals surface area contributed by atoms with Crippen LogP contribution in [0.4, 0.5) is 0 Å². The molecule has 0 radical (unpaired) electrons. The van der Waals surface area contributed by atoms with Gasteiger partial charge in [0.25, 0.3) is 0 Å². The van der Waals surface area contributed by atoms with E-state index in [0.717, 1.165) is 6.54 Å². The number of hydrogen-bond donors (Lipinski definition) is 1. The van der Waals surface area contributed by atoms with Gasteiger partial charge in [0, 0.05) is 32.7 Å². The van der Waals surface area contributed by atoms with E-state index in [1.807, 2.05) is 0 Å². The molecule has 5 heteroatoms. The number of piperazine rings is 1. The second-order valence-electron chi connectivity index (χ2n) is 4.86. The maximum atomic E-state index is 11.3. The number of carbonyl (C=O) groups excluding carboxylic acids is 1. The zero-order chi connectivity index (χ0) is 13.8. The lowest BCUT2D eigenvalue weighted by atomic mass is 10.1. The van der Waals surface area contributed by atoms with E-state index in [0.29, 0.717) is 26.2 Å². The Morgan fingerprint density at radius 1 is 1.11 bits per heavy atom. The molecule has 2 rings (SSSR count). The van der Waals surface area contributed by atoms with Crippen LogP contribution in [0.1, 0.15) is 11.1 Å². The van der Waals surface area contributed by atoms with Crippen LogP contribution >= 0.6 is 0 Å². The second-order valence-corrected chi connectivity index (χ2v) is 4.86. The summed E-state index contributed by atoms with van der Waals surface area (Å²) < 4.78 is 0. The van der Waals surface area contributed by atoms with Gasteiger partial charge in [0.05, 0.1) is 0 Å². The summed E-state index contributed by atoms with van der Waals surface area (Å²) in [4.78, 5) is 25.5. The van der Waals surface area contributed by atoms with Gasteiger partial charge in [-0.05, 0) is 12.5 Å². The average Bonchev–Trinajstić information content (AvgIpc) is 2.41. The van der Waals surface area contributed by atoms with Crippen molar-refractivity contribution < 1.29 is 14.7 Å². The summed E-state index contributed by atoms with van der Waals surface area (Å²) in [5.41, 5.74) is 2.48. The number of nitrogens with zero attached hydrogens (tertiary/aromatic N) is 2. The van der Waals surface area contributed by atoms with Gasteiger partial charge in [-0.25, -0.2) is 4.79 Å². The molecule has 1 saturated heterocycles. The third-order valence-electron chi connectivity index (χ3n) is 3.37. The van der Waals surface area contributed by atoms with E-state index in [1.54, 1.807) is 0 Å². The number of hydrogen-bond acceptors (Lipinski definition) is 3. The van der Waals surface area contributed by atoms with E-state index in [1.165, 1.54) is 16.0 Å². The first-order chi connectivity index (χ1) is 9.06. The van der Waals surface area contributed by atoms with Crippen molar-refractivity contribution in [3.8, 4) is 0 Å². The fourth-order valence-electron chi connectivity index (χ4n) is 2.20. The molecule has 1 fully saturated rings. The van der Waals surface area contributed by atoms with Crippen molar-refractivity contribution in [1.82, 2.24) is 9.80 Å². The maximum Gasteiger partial charge on any atom is 0.394 e. The molecule has 0 unspecified atom stereocenters. The SMILES string of the molecule is Cc1ccc(CN2CCN(C(=O)C(=O)O)CC2)cc1. The second kappa shape index (κ2) is 5.84. The molecule has 1 aromatic rings.